The van der Waals surface area contributed by atoms with Crippen LogP contribution in [0.3, 0.4) is 0 Å². The molecular weight excluding hydrogens is 965 g/mol. The Kier molecular flexibility index (Phi) is 11.6. The first-order valence-electron chi connectivity index (χ1n) is 27.5. The van der Waals surface area contributed by atoms with Crippen molar-refractivity contribution in [1.29, 1.82) is 0 Å². The van der Waals surface area contributed by atoms with Gasteiger partial charge in [-0.25, -0.2) is 0 Å². The second-order valence-electron chi connectivity index (χ2n) is 20.9. The minimum atomic E-state index is 1.15. The van der Waals surface area contributed by atoms with Crippen molar-refractivity contribution in [3.63, 3.8) is 0 Å². The van der Waals surface area contributed by atoms with Crippen molar-refractivity contribution in [2.45, 2.75) is 0 Å². The number of hydrogen-bond acceptors (Lipinski definition) is 0. The van der Waals surface area contributed by atoms with E-state index < -0.39 is 0 Å². The van der Waals surface area contributed by atoms with Gasteiger partial charge < -0.3 is 9.13 Å². The fourth-order valence-electron chi connectivity index (χ4n) is 12.2. The lowest BCUT2D eigenvalue weighted by Gasteiger charge is -2.15. The molecule has 2 nitrogen and oxygen atoms in total. The first-order valence-corrected chi connectivity index (χ1v) is 27.5. The van der Waals surface area contributed by atoms with Crippen LogP contribution in [0.25, 0.3) is 144 Å². The van der Waals surface area contributed by atoms with E-state index in [1.165, 1.54) is 133 Å². The van der Waals surface area contributed by atoms with Crippen LogP contribution in [0, 0.1) is 0 Å². The van der Waals surface area contributed by atoms with E-state index in [0.29, 0.717) is 0 Å². The molecule has 0 spiro atoms. The molecule has 2 heterocycles. The lowest BCUT2D eigenvalue weighted by atomic mass is 9.94. The molecule has 15 rings (SSSR count). The van der Waals surface area contributed by atoms with Gasteiger partial charge in [-0.1, -0.05) is 249 Å². The van der Waals surface area contributed by atoms with Crippen molar-refractivity contribution in [3.8, 4) is 100 Å². The van der Waals surface area contributed by atoms with Gasteiger partial charge in [0.05, 0.1) is 27.8 Å². The highest BCUT2D eigenvalue weighted by Crippen LogP contribution is 2.41. The van der Waals surface area contributed by atoms with E-state index >= 15 is 0 Å². The second kappa shape index (κ2) is 19.8. The maximum absolute atomic E-state index is 2.45. The minimum absolute atomic E-state index is 1.15. The van der Waals surface area contributed by atoms with E-state index in [-0.39, 0.29) is 0 Å². The summed E-state index contributed by atoms with van der Waals surface area (Å²) < 4.78 is 4.86. The normalized spacial score (nSPS) is 11.5. The van der Waals surface area contributed by atoms with Crippen LogP contribution >= 0.6 is 0 Å². The highest BCUT2D eigenvalue weighted by atomic mass is 15.0. The smallest absolute Gasteiger partial charge is 0.0541 e. The summed E-state index contributed by atoms with van der Waals surface area (Å²) in [6.07, 6.45) is 0. The third-order valence-corrected chi connectivity index (χ3v) is 16.2. The average Bonchev–Trinajstić information content (AvgIpc) is 4.18. The molecule has 0 saturated carbocycles. The van der Waals surface area contributed by atoms with Gasteiger partial charge in [0, 0.05) is 32.8 Å². The Morgan fingerprint density at radius 1 is 0.163 bits per heavy atom. The fraction of sp³-hybridized carbons (Fsp3) is 0. The fourth-order valence-corrected chi connectivity index (χ4v) is 12.2. The van der Waals surface area contributed by atoms with Gasteiger partial charge in [-0.2, -0.15) is 0 Å². The topological polar surface area (TPSA) is 9.86 Å². The molecular formula is C78H52N2. The largest absolute Gasteiger partial charge is 0.309 e. The Morgan fingerprint density at radius 3 is 1.00 bits per heavy atom. The van der Waals surface area contributed by atoms with E-state index in [2.05, 4.69) is 325 Å². The molecule has 2 aromatic heterocycles. The SMILES string of the molecule is c1ccc(-c2ccc(-c3ccc(-c4cccc(-c5cccc(-c6ccc(-c7ccccc7-n7c8ccccc8c8cc(-c9ccc%10c(c9)c9ccccc9n%10-c9cccc(-c%10ccccc%10)c9)ccc87)cc6)c5)c4)cc3)cc2)cc1. The molecule has 80 heavy (non-hydrogen) atoms. The summed E-state index contributed by atoms with van der Waals surface area (Å²) in [6.45, 7) is 0. The van der Waals surface area contributed by atoms with Crippen molar-refractivity contribution in [1.82, 2.24) is 9.13 Å². The molecule has 2 heteroatoms. The third kappa shape index (κ3) is 8.39. The highest BCUT2D eigenvalue weighted by Gasteiger charge is 2.19. The monoisotopic (exact) mass is 1020 g/mol. The molecule has 0 aliphatic carbocycles. The van der Waals surface area contributed by atoms with Crippen molar-refractivity contribution < 1.29 is 0 Å². The Labute approximate surface area is 466 Å². The van der Waals surface area contributed by atoms with Crippen molar-refractivity contribution in [2.24, 2.45) is 0 Å². The van der Waals surface area contributed by atoms with Gasteiger partial charge >= 0.3 is 0 Å². The number of rotatable bonds is 10. The van der Waals surface area contributed by atoms with Gasteiger partial charge in [0.15, 0.2) is 0 Å². The zero-order valence-corrected chi connectivity index (χ0v) is 43.9. The van der Waals surface area contributed by atoms with Gasteiger partial charge in [0.1, 0.15) is 0 Å². The van der Waals surface area contributed by atoms with E-state index in [9.17, 15) is 0 Å². The van der Waals surface area contributed by atoms with Crippen LogP contribution in [-0.4, -0.2) is 9.13 Å². The van der Waals surface area contributed by atoms with E-state index in [0.717, 1.165) is 11.4 Å². The summed E-state index contributed by atoms with van der Waals surface area (Å²) in [5, 5.41) is 4.94. The average molecular weight is 1020 g/mol. The molecule has 0 aliphatic rings. The first kappa shape index (κ1) is 46.7. The molecule has 13 aromatic carbocycles. The zero-order valence-electron chi connectivity index (χ0n) is 43.9. The maximum Gasteiger partial charge on any atom is 0.0541 e. The maximum atomic E-state index is 2.45. The molecule has 15 aromatic rings. The van der Waals surface area contributed by atoms with E-state index in [1.807, 2.05) is 0 Å². The summed E-state index contributed by atoms with van der Waals surface area (Å²) in [5.74, 6) is 0. The molecule has 0 radical (unpaired) electrons. The standard InChI is InChI=1S/C78H52N2/c1-3-16-53(17-4-1)55-32-34-56(35-33-55)57-36-38-58(39-37-57)61-20-13-22-63(48-61)64-23-14-21-62(49-64)59-40-42-60(43-41-59)69-26-7-10-29-74(69)80-76-31-12-9-28-71(76)73-52-67(45-47-78(73)80)66-44-46-77-72(51-66)70-27-8-11-30-75(70)79(77)68-25-15-24-65(50-68)54-18-5-2-6-19-54/h1-52H. The zero-order chi connectivity index (χ0) is 52.9. The highest BCUT2D eigenvalue weighted by molar-refractivity contribution is 6.13. The predicted molar refractivity (Wildman–Crippen MR) is 339 cm³/mol. The van der Waals surface area contributed by atoms with E-state index in [1.54, 1.807) is 0 Å². The summed E-state index contributed by atoms with van der Waals surface area (Å²) in [6, 6.07) is 115. The Morgan fingerprint density at radius 2 is 0.475 bits per heavy atom. The number of para-hydroxylation sites is 3. The number of aromatic nitrogens is 2. The number of benzene rings is 13. The van der Waals surface area contributed by atoms with Crippen LogP contribution < -0.4 is 0 Å². The Hall–Kier alpha value is -10.5. The third-order valence-electron chi connectivity index (χ3n) is 16.2. The van der Waals surface area contributed by atoms with Crippen LogP contribution in [0.15, 0.2) is 315 Å². The van der Waals surface area contributed by atoms with Gasteiger partial charge in [-0.3, -0.25) is 0 Å². The van der Waals surface area contributed by atoms with Crippen LogP contribution in [0.5, 0.6) is 0 Å². The second-order valence-corrected chi connectivity index (χ2v) is 20.9. The van der Waals surface area contributed by atoms with Crippen molar-refractivity contribution >= 4 is 43.6 Å². The summed E-state index contributed by atoms with van der Waals surface area (Å²) in [4.78, 5) is 0. The molecule has 0 amide bonds. The van der Waals surface area contributed by atoms with Crippen LogP contribution in [0.1, 0.15) is 0 Å². The van der Waals surface area contributed by atoms with E-state index in [4.69, 9.17) is 0 Å². The lowest BCUT2D eigenvalue weighted by Crippen LogP contribution is -1.97. The Balaban J connectivity index is 0.718. The molecule has 0 aliphatic heterocycles. The quantitative estimate of drug-likeness (QED) is 0.129. The minimum Gasteiger partial charge on any atom is -0.309 e. The van der Waals surface area contributed by atoms with Crippen LogP contribution in [-0.2, 0) is 0 Å². The van der Waals surface area contributed by atoms with Crippen LogP contribution in [0.2, 0.25) is 0 Å². The van der Waals surface area contributed by atoms with Gasteiger partial charge in [0.2, 0.25) is 0 Å². The molecule has 0 bridgehead atoms. The molecule has 0 N–H and O–H groups in total. The molecule has 0 atom stereocenters. The van der Waals surface area contributed by atoms with Gasteiger partial charge in [0.25, 0.3) is 0 Å². The summed E-state index contributed by atoms with van der Waals surface area (Å²) in [7, 11) is 0. The molecule has 0 saturated heterocycles. The summed E-state index contributed by atoms with van der Waals surface area (Å²) >= 11 is 0. The predicted octanol–water partition coefficient (Wildman–Crippen LogP) is 21.2. The Bertz CT molecular complexity index is 4770. The number of hydrogen-bond donors (Lipinski definition) is 0. The van der Waals surface area contributed by atoms with Crippen molar-refractivity contribution in [3.05, 3.63) is 315 Å². The summed E-state index contributed by atoms with van der Waals surface area (Å²) in [5.41, 5.74) is 26.2. The van der Waals surface area contributed by atoms with Crippen LogP contribution in [0.4, 0.5) is 0 Å². The first-order chi connectivity index (χ1) is 39.6. The van der Waals surface area contributed by atoms with Crippen molar-refractivity contribution in [2.75, 3.05) is 0 Å². The lowest BCUT2D eigenvalue weighted by molar-refractivity contribution is 1.18. The number of nitrogens with zero attached hydrogens (tertiary/aromatic N) is 2. The molecule has 0 fully saturated rings. The number of fused-ring (bicyclic) bond motifs is 6. The molecule has 0 unspecified atom stereocenters. The van der Waals surface area contributed by atoms with Gasteiger partial charge in [-0.05, 0) is 150 Å². The molecule has 374 valence electrons. The van der Waals surface area contributed by atoms with Gasteiger partial charge in [-0.15, -0.1) is 0 Å².